The van der Waals surface area contributed by atoms with Crippen molar-refractivity contribution in [2.75, 3.05) is 5.73 Å². The van der Waals surface area contributed by atoms with Crippen molar-refractivity contribution in [3.63, 3.8) is 0 Å². The van der Waals surface area contributed by atoms with Crippen LogP contribution in [0.25, 0.3) is 11.3 Å². The Morgan fingerprint density at radius 3 is 2.71 bits per heavy atom. The summed E-state index contributed by atoms with van der Waals surface area (Å²) in [6, 6.07) is 6.69. The van der Waals surface area contributed by atoms with Gasteiger partial charge in [0.1, 0.15) is 12.1 Å². The molecule has 0 spiro atoms. The number of nitrogens with zero attached hydrogens (tertiary/aromatic N) is 2. The van der Waals surface area contributed by atoms with Crippen LogP contribution < -0.4 is 5.73 Å². The highest BCUT2D eigenvalue weighted by molar-refractivity contribution is 5.79. The minimum absolute atomic E-state index is 0.128. The zero-order valence-corrected chi connectivity index (χ0v) is 7.38. The Morgan fingerprint density at radius 1 is 1.21 bits per heavy atom. The molecule has 4 nitrogen and oxygen atoms in total. The van der Waals surface area contributed by atoms with Crippen LogP contribution in [0.15, 0.2) is 36.8 Å². The summed E-state index contributed by atoms with van der Waals surface area (Å²) < 4.78 is 0. The highest BCUT2D eigenvalue weighted by atomic mass is 16.3. The van der Waals surface area contributed by atoms with Crippen molar-refractivity contribution in [3.05, 3.63) is 36.8 Å². The minimum Gasteiger partial charge on any atom is -0.507 e. The Labute approximate surface area is 81.1 Å². The van der Waals surface area contributed by atoms with Crippen molar-refractivity contribution in [3.8, 4) is 17.0 Å². The van der Waals surface area contributed by atoms with Crippen molar-refractivity contribution < 1.29 is 5.11 Å². The van der Waals surface area contributed by atoms with E-state index in [0.717, 1.165) is 0 Å². The Hall–Kier alpha value is -2.10. The number of benzene rings is 1. The predicted octanol–water partition coefficient (Wildman–Crippen LogP) is 1.43. The molecule has 0 aliphatic heterocycles. The molecular weight excluding hydrogens is 178 g/mol. The molecule has 0 atom stereocenters. The second kappa shape index (κ2) is 3.33. The fourth-order valence-electron chi connectivity index (χ4n) is 1.28. The van der Waals surface area contributed by atoms with E-state index in [2.05, 4.69) is 9.97 Å². The monoisotopic (exact) mass is 187 g/mol. The maximum atomic E-state index is 9.60. The van der Waals surface area contributed by atoms with Gasteiger partial charge in [-0.2, -0.15) is 0 Å². The highest BCUT2D eigenvalue weighted by Gasteiger charge is 2.08. The number of aromatic hydroxyl groups is 1. The highest BCUT2D eigenvalue weighted by Crippen LogP contribution is 2.32. The average Bonchev–Trinajstić information content (AvgIpc) is 2.19. The summed E-state index contributed by atoms with van der Waals surface area (Å²) in [6.45, 7) is 0. The van der Waals surface area contributed by atoms with E-state index in [-0.39, 0.29) is 5.75 Å². The maximum absolute atomic E-state index is 9.60. The largest absolute Gasteiger partial charge is 0.507 e. The quantitative estimate of drug-likeness (QED) is 0.662. The summed E-state index contributed by atoms with van der Waals surface area (Å²) in [5.74, 6) is 0.128. The number of rotatable bonds is 1. The molecule has 70 valence electrons. The topological polar surface area (TPSA) is 72.0 Å². The van der Waals surface area contributed by atoms with Gasteiger partial charge >= 0.3 is 0 Å². The van der Waals surface area contributed by atoms with Crippen LogP contribution in [0.4, 0.5) is 5.69 Å². The zero-order valence-electron chi connectivity index (χ0n) is 7.38. The van der Waals surface area contributed by atoms with Gasteiger partial charge in [-0.1, -0.05) is 6.07 Å². The number of anilines is 1. The van der Waals surface area contributed by atoms with Crippen molar-refractivity contribution in [1.82, 2.24) is 9.97 Å². The summed E-state index contributed by atoms with van der Waals surface area (Å²) in [5.41, 5.74) is 7.41. The van der Waals surface area contributed by atoms with E-state index in [1.165, 1.54) is 6.33 Å². The molecule has 3 N–H and O–H groups in total. The number of hydrogen-bond acceptors (Lipinski definition) is 4. The van der Waals surface area contributed by atoms with Crippen LogP contribution in [0.3, 0.4) is 0 Å². The van der Waals surface area contributed by atoms with E-state index in [0.29, 0.717) is 16.9 Å². The van der Waals surface area contributed by atoms with E-state index >= 15 is 0 Å². The number of phenols is 1. The molecule has 1 heterocycles. The standard InChI is InChI=1S/C10H9N3O/c11-7-2-1-3-9(14)10(7)8-4-5-12-6-13-8/h1-6,14H,11H2. The lowest BCUT2D eigenvalue weighted by Gasteiger charge is -2.06. The first kappa shape index (κ1) is 8.50. The van der Waals surface area contributed by atoms with Gasteiger partial charge in [0.15, 0.2) is 0 Å². The summed E-state index contributed by atoms with van der Waals surface area (Å²) in [6.07, 6.45) is 3.02. The first-order chi connectivity index (χ1) is 6.79. The summed E-state index contributed by atoms with van der Waals surface area (Å²) in [5, 5.41) is 9.60. The molecule has 0 saturated heterocycles. The Kier molecular flexibility index (Phi) is 2.02. The number of aromatic nitrogens is 2. The van der Waals surface area contributed by atoms with Crippen LogP contribution in [0.2, 0.25) is 0 Å². The molecule has 0 saturated carbocycles. The summed E-state index contributed by atoms with van der Waals surface area (Å²) in [4.78, 5) is 7.82. The number of hydrogen-bond donors (Lipinski definition) is 2. The molecular formula is C10H9N3O. The van der Waals surface area contributed by atoms with Crippen LogP contribution in [0.5, 0.6) is 5.75 Å². The average molecular weight is 187 g/mol. The van der Waals surface area contributed by atoms with Gasteiger partial charge in [-0.3, -0.25) is 0 Å². The predicted molar refractivity (Wildman–Crippen MR) is 53.5 cm³/mol. The SMILES string of the molecule is Nc1cccc(O)c1-c1ccncn1. The van der Waals surface area contributed by atoms with E-state index in [1.807, 2.05) is 0 Å². The second-order valence-electron chi connectivity index (χ2n) is 2.84. The molecule has 1 aromatic heterocycles. The van der Waals surface area contributed by atoms with Gasteiger partial charge in [-0.15, -0.1) is 0 Å². The Morgan fingerprint density at radius 2 is 2.07 bits per heavy atom. The van der Waals surface area contributed by atoms with Crippen LogP contribution in [0, 0.1) is 0 Å². The van der Waals surface area contributed by atoms with Crippen molar-refractivity contribution >= 4 is 5.69 Å². The van der Waals surface area contributed by atoms with Gasteiger partial charge in [0.25, 0.3) is 0 Å². The lowest BCUT2D eigenvalue weighted by Crippen LogP contribution is -1.92. The van der Waals surface area contributed by atoms with Crippen LogP contribution >= 0.6 is 0 Å². The van der Waals surface area contributed by atoms with Crippen molar-refractivity contribution in [2.24, 2.45) is 0 Å². The third-order valence-corrected chi connectivity index (χ3v) is 1.91. The molecule has 1 aromatic carbocycles. The van der Waals surface area contributed by atoms with Crippen LogP contribution in [0.1, 0.15) is 0 Å². The molecule has 2 rings (SSSR count). The van der Waals surface area contributed by atoms with Gasteiger partial charge in [0.05, 0.1) is 11.3 Å². The number of phenolic OH excluding ortho intramolecular Hbond substituents is 1. The molecule has 0 fully saturated rings. The third kappa shape index (κ3) is 1.37. The number of nitrogens with two attached hydrogens (primary N) is 1. The molecule has 0 bridgehead atoms. The molecule has 0 aliphatic carbocycles. The molecule has 2 aromatic rings. The van der Waals surface area contributed by atoms with Gasteiger partial charge in [-0.05, 0) is 18.2 Å². The zero-order chi connectivity index (χ0) is 9.97. The minimum atomic E-state index is 0.128. The van der Waals surface area contributed by atoms with Gasteiger partial charge in [0, 0.05) is 11.9 Å². The Bertz CT molecular complexity index is 422. The summed E-state index contributed by atoms with van der Waals surface area (Å²) >= 11 is 0. The van der Waals surface area contributed by atoms with Crippen molar-refractivity contribution in [1.29, 1.82) is 0 Å². The molecule has 0 amide bonds. The van der Waals surface area contributed by atoms with Gasteiger partial charge in [-0.25, -0.2) is 9.97 Å². The van der Waals surface area contributed by atoms with E-state index in [1.54, 1.807) is 30.5 Å². The van der Waals surface area contributed by atoms with Crippen LogP contribution in [-0.2, 0) is 0 Å². The molecule has 0 unspecified atom stereocenters. The fourth-order valence-corrected chi connectivity index (χ4v) is 1.28. The maximum Gasteiger partial charge on any atom is 0.127 e. The third-order valence-electron chi connectivity index (χ3n) is 1.91. The van der Waals surface area contributed by atoms with Crippen LogP contribution in [-0.4, -0.2) is 15.1 Å². The second-order valence-corrected chi connectivity index (χ2v) is 2.84. The van der Waals surface area contributed by atoms with E-state index < -0.39 is 0 Å². The molecule has 4 heteroatoms. The normalized spacial score (nSPS) is 10.0. The lowest BCUT2D eigenvalue weighted by atomic mass is 10.1. The Balaban J connectivity index is 2.63. The van der Waals surface area contributed by atoms with E-state index in [9.17, 15) is 5.11 Å². The number of nitrogen functional groups attached to an aromatic ring is 1. The molecule has 14 heavy (non-hydrogen) atoms. The lowest BCUT2D eigenvalue weighted by molar-refractivity contribution is 0.477. The smallest absolute Gasteiger partial charge is 0.127 e. The summed E-state index contributed by atoms with van der Waals surface area (Å²) in [7, 11) is 0. The first-order valence-electron chi connectivity index (χ1n) is 4.13. The van der Waals surface area contributed by atoms with Crippen molar-refractivity contribution in [2.45, 2.75) is 0 Å². The first-order valence-corrected chi connectivity index (χ1v) is 4.13. The fraction of sp³-hybridized carbons (Fsp3) is 0. The molecule has 0 aliphatic rings. The van der Waals surface area contributed by atoms with Gasteiger partial charge in [0.2, 0.25) is 0 Å². The van der Waals surface area contributed by atoms with E-state index in [4.69, 9.17) is 5.73 Å². The molecule has 0 radical (unpaired) electrons. The van der Waals surface area contributed by atoms with Gasteiger partial charge < -0.3 is 10.8 Å².